The fraction of sp³-hybridized carbons (Fsp3) is 0.714. The molecule has 1 heterocycles. The van der Waals surface area contributed by atoms with Gasteiger partial charge in [0.15, 0.2) is 0 Å². The quantitative estimate of drug-likeness (QED) is 0.450. The molecule has 0 amide bonds. The van der Waals surface area contributed by atoms with Gasteiger partial charge in [0.1, 0.15) is 0 Å². The molecule has 1 heteroatoms. The third kappa shape index (κ3) is 1.48. The van der Waals surface area contributed by atoms with Crippen LogP contribution in [0.15, 0.2) is 0 Å². The fourth-order valence-electron chi connectivity index (χ4n) is 1.04. The van der Waals surface area contributed by atoms with E-state index in [0.717, 1.165) is 25.9 Å². The van der Waals surface area contributed by atoms with Crippen molar-refractivity contribution in [2.45, 2.75) is 12.8 Å². The predicted octanol–water partition coefficient (Wildman–Crippen LogP) is 1.08. The smallest absolute Gasteiger partial charge is 0.0438 e. The summed E-state index contributed by atoms with van der Waals surface area (Å²) in [5.74, 6) is 0.314. The molecule has 1 fully saturated rings. The van der Waals surface area contributed by atoms with Crippen molar-refractivity contribution in [1.82, 2.24) is 4.90 Å². The fourth-order valence-corrected chi connectivity index (χ4v) is 1.04. The Balaban J connectivity index is 2.23. The summed E-state index contributed by atoms with van der Waals surface area (Å²) in [5.41, 5.74) is 0. The lowest BCUT2D eigenvalue weighted by Crippen LogP contribution is -2.28. The van der Waals surface area contributed by atoms with E-state index in [4.69, 9.17) is 14.0 Å². The van der Waals surface area contributed by atoms with Crippen LogP contribution in [0.25, 0.3) is 0 Å². The zero-order valence-corrected chi connectivity index (χ0v) is 5.01. The highest BCUT2D eigenvalue weighted by Crippen LogP contribution is 2.13. The van der Waals surface area contributed by atoms with E-state index in [1.54, 1.807) is 4.90 Å². The summed E-state index contributed by atoms with van der Waals surface area (Å²) in [6.45, 7) is 7.47. The molecule has 0 saturated carbocycles. The van der Waals surface area contributed by atoms with Gasteiger partial charge in [-0.2, -0.15) is 0 Å². The van der Waals surface area contributed by atoms with Gasteiger partial charge in [0.25, 0.3) is 0 Å². The van der Waals surface area contributed by atoms with Gasteiger partial charge in [0.2, 0.25) is 0 Å². The van der Waals surface area contributed by atoms with Gasteiger partial charge in [-0.3, -0.25) is 4.90 Å². The van der Waals surface area contributed by atoms with E-state index < -0.39 is 0 Å². The first kappa shape index (κ1) is 6.09. The summed E-state index contributed by atoms with van der Waals surface area (Å²) < 4.78 is 0. The van der Waals surface area contributed by atoms with Crippen molar-refractivity contribution in [3.05, 3.63) is 14.0 Å². The SMILES string of the molecule is [CH]C1CCCN([CH])C1. The Morgan fingerprint density at radius 2 is 2.25 bits per heavy atom. The number of piperidine rings is 1. The van der Waals surface area contributed by atoms with Crippen LogP contribution in [0.1, 0.15) is 12.8 Å². The third-order valence-corrected chi connectivity index (χ3v) is 1.49. The van der Waals surface area contributed by atoms with Crippen molar-refractivity contribution in [3.63, 3.8) is 0 Å². The summed E-state index contributed by atoms with van der Waals surface area (Å²) in [5, 5.41) is 0. The number of hydrogen-bond acceptors (Lipinski definition) is 1. The molecule has 44 valence electrons. The van der Waals surface area contributed by atoms with Crippen molar-refractivity contribution in [2.75, 3.05) is 13.1 Å². The van der Waals surface area contributed by atoms with Crippen LogP contribution in [-0.2, 0) is 0 Å². The van der Waals surface area contributed by atoms with Crippen LogP contribution >= 0.6 is 0 Å². The van der Waals surface area contributed by atoms with E-state index >= 15 is 0 Å². The lowest BCUT2D eigenvalue weighted by molar-refractivity contribution is 0.260. The number of rotatable bonds is 0. The Morgan fingerprint density at radius 3 is 2.62 bits per heavy atom. The number of likely N-dealkylation sites (tertiary alicyclic amines) is 1. The largest absolute Gasteiger partial charge is 0.297 e. The summed E-state index contributed by atoms with van der Waals surface area (Å²) in [6, 6.07) is 0. The van der Waals surface area contributed by atoms with E-state index in [0.29, 0.717) is 5.92 Å². The molecule has 1 aliphatic heterocycles. The zero-order valence-electron chi connectivity index (χ0n) is 5.01. The Hall–Kier alpha value is -0.0400. The van der Waals surface area contributed by atoms with Gasteiger partial charge in [0, 0.05) is 13.6 Å². The molecule has 0 aromatic heterocycles. The van der Waals surface area contributed by atoms with Gasteiger partial charge in [-0.05, 0) is 32.2 Å². The molecule has 0 aromatic rings. The van der Waals surface area contributed by atoms with E-state index in [1.807, 2.05) is 0 Å². The first-order valence-corrected chi connectivity index (χ1v) is 3.04. The highest BCUT2D eigenvalue weighted by atomic mass is 15.1. The normalized spacial score (nSPS) is 33.0. The zero-order chi connectivity index (χ0) is 5.98. The van der Waals surface area contributed by atoms with E-state index in [1.165, 1.54) is 0 Å². The minimum absolute atomic E-state index is 0.314. The first-order valence-electron chi connectivity index (χ1n) is 3.04. The maximum Gasteiger partial charge on any atom is 0.0438 e. The molecule has 4 radical (unpaired) electrons. The second kappa shape index (κ2) is 2.49. The maximum atomic E-state index is 5.60. The molecule has 1 aliphatic rings. The van der Waals surface area contributed by atoms with Crippen LogP contribution < -0.4 is 0 Å². The van der Waals surface area contributed by atoms with Crippen LogP contribution in [0.4, 0.5) is 0 Å². The van der Waals surface area contributed by atoms with Crippen molar-refractivity contribution >= 4 is 0 Å². The Kier molecular flexibility index (Phi) is 1.90. The molecule has 0 N–H and O–H groups in total. The van der Waals surface area contributed by atoms with Gasteiger partial charge < -0.3 is 0 Å². The highest BCUT2D eigenvalue weighted by molar-refractivity contribution is 4.72. The Bertz CT molecular complexity index is 62.8. The molecular formula is C7H11N. The van der Waals surface area contributed by atoms with Gasteiger partial charge in [-0.25, -0.2) is 0 Å². The van der Waals surface area contributed by atoms with E-state index in [2.05, 4.69) is 0 Å². The molecule has 0 bridgehead atoms. The van der Waals surface area contributed by atoms with Crippen LogP contribution in [0.5, 0.6) is 0 Å². The van der Waals surface area contributed by atoms with Gasteiger partial charge in [-0.15, -0.1) is 0 Å². The molecular weight excluding hydrogens is 98.1 g/mol. The lowest BCUT2D eigenvalue weighted by atomic mass is 10.0. The Morgan fingerprint density at radius 1 is 1.50 bits per heavy atom. The molecule has 1 saturated heterocycles. The monoisotopic (exact) mass is 109 g/mol. The van der Waals surface area contributed by atoms with Gasteiger partial charge in [-0.1, -0.05) is 0 Å². The van der Waals surface area contributed by atoms with Crippen LogP contribution in [0.2, 0.25) is 0 Å². The second-order valence-corrected chi connectivity index (χ2v) is 2.40. The van der Waals surface area contributed by atoms with Crippen molar-refractivity contribution in [2.24, 2.45) is 5.92 Å². The summed E-state index contributed by atoms with van der Waals surface area (Å²) >= 11 is 0. The molecule has 1 atom stereocenters. The third-order valence-electron chi connectivity index (χ3n) is 1.49. The second-order valence-electron chi connectivity index (χ2n) is 2.40. The average molecular weight is 109 g/mol. The molecule has 0 aromatic carbocycles. The van der Waals surface area contributed by atoms with Gasteiger partial charge >= 0.3 is 0 Å². The van der Waals surface area contributed by atoms with Gasteiger partial charge in [0.05, 0.1) is 0 Å². The standard InChI is InChI=1S/C7H11N/c1-7-4-3-5-8(2)6-7/h1-2,7H,3-6H2. The molecule has 1 nitrogen and oxygen atoms in total. The summed E-state index contributed by atoms with van der Waals surface area (Å²) in [7, 11) is 5.48. The van der Waals surface area contributed by atoms with Crippen LogP contribution in [0, 0.1) is 19.9 Å². The molecule has 8 heavy (non-hydrogen) atoms. The van der Waals surface area contributed by atoms with E-state index in [-0.39, 0.29) is 0 Å². The predicted molar refractivity (Wildman–Crippen MR) is 32.9 cm³/mol. The summed E-state index contributed by atoms with van der Waals surface area (Å²) in [6.07, 6.45) is 2.28. The maximum absolute atomic E-state index is 5.60. The highest BCUT2D eigenvalue weighted by Gasteiger charge is 2.11. The molecule has 0 aliphatic carbocycles. The minimum Gasteiger partial charge on any atom is -0.297 e. The van der Waals surface area contributed by atoms with E-state index in [9.17, 15) is 0 Å². The average Bonchev–Trinajstić information content (AvgIpc) is 1.64. The van der Waals surface area contributed by atoms with Crippen molar-refractivity contribution in [1.29, 1.82) is 0 Å². The molecule has 0 spiro atoms. The molecule has 1 unspecified atom stereocenters. The summed E-state index contributed by atoms with van der Waals surface area (Å²) in [4.78, 5) is 1.79. The van der Waals surface area contributed by atoms with Crippen molar-refractivity contribution < 1.29 is 0 Å². The lowest BCUT2D eigenvalue weighted by Gasteiger charge is -2.25. The first-order chi connectivity index (χ1) is 3.79. The van der Waals surface area contributed by atoms with Crippen LogP contribution in [-0.4, -0.2) is 18.0 Å². The number of hydrogen-bond donors (Lipinski definition) is 0. The minimum atomic E-state index is 0.314. The van der Waals surface area contributed by atoms with Crippen LogP contribution in [0.3, 0.4) is 0 Å². The molecule has 1 rings (SSSR count). The van der Waals surface area contributed by atoms with Crippen molar-refractivity contribution in [3.8, 4) is 0 Å². The topological polar surface area (TPSA) is 3.24 Å². The number of nitrogens with zero attached hydrogens (tertiary/aromatic N) is 1. The Labute approximate surface area is 51.7 Å².